The minimum atomic E-state index is -0.181. The molecule has 0 N–H and O–H groups in total. The molecule has 0 amide bonds. The highest BCUT2D eigenvalue weighted by Gasteiger charge is 2.43. The second kappa shape index (κ2) is 10.4. The maximum atomic E-state index is 2.46. The highest BCUT2D eigenvalue weighted by molar-refractivity contribution is 6.21. The first-order chi connectivity index (χ1) is 24.3. The van der Waals surface area contributed by atoms with Crippen LogP contribution in [0.4, 0.5) is 0 Å². The highest BCUT2D eigenvalue weighted by atomic mass is 14.5. The van der Waals surface area contributed by atoms with Crippen LogP contribution in [0.15, 0.2) is 158 Å². The Morgan fingerprint density at radius 1 is 0.320 bits per heavy atom. The lowest BCUT2D eigenvalue weighted by Gasteiger charge is -2.29. The molecule has 0 radical (unpaired) electrons. The third-order valence-corrected chi connectivity index (χ3v) is 11.8. The topological polar surface area (TPSA) is 0 Å². The lowest BCUT2D eigenvalue weighted by Crippen LogP contribution is -2.20. The van der Waals surface area contributed by atoms with Gasteiger partial charge in [0.25, 0.3) is 0 Å². The zero-order valence-corrected chi connectivity index (χ0v) is 29.0. The second-order valence-corrected chi connectivity index (χ2v) is 15.3. The number of fused-ring (bicyclic) bond motifs is 12. The van der Waals surface area contributed by atoms with Crippen molar-refractivity contribution in [3.05, 3.63) is 180 Å². The van der Waals surface area contributed by atoms with E-state index >= 15 is 0 Å². The van der Waals surface area contributed by atoms with E-state index in [2.05, 4.69) is 185 Å². The molecule has 10 rings (SSSR count). The SMILES string of the molecule is CC1(C)c2ccc(-c3ccccc3)cc2-c2ccc3c(c21)c1c(c2ccc(-c4ccccc4)cc23)-c2cc(-c3ccccc3)ccc2C1(C)C. The standard InChI is InChI=1S/C50H38/c1-49(2)43-26-21-35(32-16-10-6-11-17-32)29-41(43)39-25-24-38-40-28-34(31-14-8-5-9-15-31)20-23-37(40)45-42-30-36(33-18-12-7-13-19-33)22-27-44(42)50(3,4)48(45)46(38)47(39)49/h5-30H,1-4H3. The maximum absolute atomic E-state index is 2.46. The Balaban J connectivity index is 1.33. The van der Waals surface area contributed by atoms with E-state index in [-0.39, 0.29) is 10.8 Å². The van der Waals surface area contributed by atoms with Gasteiger partial charge in [-0.1, -0.05) is 167 Å². The summed E-state index contributed by atoms with van der Waals surface area (Å²) >= 11 is 0. The summed E-state index contributed by atoms with van der Waals surface area (Å²) in [6.07, 6.45) is 0. The predicted molar refractivity (Wildman–Crippen MR) is 213 cm³/mol. The van der Waals surface area contributed by atoms with E-state index in [9.17, 15) is 0 Å². The fraction of sp³-hybridized carbons (Fsp3) is 0.120. The van der Waals surface area contributed by atoms with Crippen LogP contribution in [0.3, 0.4) is 0 Å². The van der Waals surface area contributed by atoms with Crippen LogP contribution in [0.2, 0.25) is 0 Å². The summed E-state index contributed by atoms with van der Waals surface area (Å²) in [6, 6.07) is 58.8. The molecule has 8 aromatic carbocycles. The largest absolute Gasteiger partial charge is 0.0622 e. The Morgan fingerprint density at radius 3 is 1.36 bits per heavy atom. The molecule has 0 heterocycles. The first kappa shape index (κ1) is 29.2. The van der Waals surface area contributed by atoms with E-state index in [0.717, 1.165) is 0 Å². The van der Waals surface area contributed by atoms with Crippen LogP contribution in [0.5, 0.6) is 0 Å². The lowest BCUT2D eigenvalue weighted by molar-refractivity contribution is 0.651. The van der Waals surface area contributed by atoms with Crippen molar-refractivity contribution in [1.82, 2.24) is 0 Å². The first-order valence-corrected chi connectivity index (χ1v) is 17.9. The van der Waals surface area contributed by atoms with Crippen LogP contribution in [0.1, 0.15) is 49.9 Å². The van der Waals surface area contributed by atoms with Crippen LogP contribution < -0.4 is 0 Å². The lowest BCUT2D eigenvalue weighted by atomic mass is 9.73. The van der Waals surface area contributed by atoms with E-state index in [1.807, 2.05) is 0 Å². The minimum Gasteiger partial charge on any atom is -0.0622 e. The van der Waals surface area contributed by atoms with E-state index in [1.165, 1.54) is 99.4 Å². The molecular weight excluding hydrogens is 601 g/mol. The zero-order valence-electron chi connectivity index (χ0n) is 29.0. The normalized spacial score (nSPS) is 14.7. The van der Waals surface area contributed by atoms with Crippen molar-refractivity contribution in [2.45, 2.75) is 38.5 Å². The fourth-order valence-electron chi connectivity index (χ4n) is 9.42. The summed E-state index contributed by atoms with van der Waals surface area (Å²) in [5.74, 6) is 0. The Morgan fingerprint density at radius 2 is 0.780 bits per heavy atom. The third-order valence-electron chi connectivity index (χ3n) is 11.8. The summed E-state index contributed by atoms with van der Waals surface area (Å²) in [5, 5.41) is 5.45. The van der Waals surface area contributed by atoms with E-state index in [1.54, 1.807) is 0 Å². The van der Waals surface area contributed by atoms with Gasteiger partial charge >= 0.3 is 0 Å². The van der Waals surface area contributed by atoms with E-state index in [0.29, 0.717) is 0 Å². The molecule has 0 spiro atoms. The van der Waals surface area contributed by atoms with Crippen molar-refractivity contribution >= 4 is 21.5 Å². The molecule has 8 aromatic rings. The van der Waals surface area contributed by atoms with Crippen LogP contribution in [0.25, 0.3) is 77.2 Å². The van der Waals surface area contributed by atoms with Gasteiger partial charge in [-0.25, -0.2) is 0 Å². The molecule has 0 unspecified atom stereocenters. The molecule has 2 aliphatic carbocycles. The summed E-state index contributed by atoms with van der Waals surface area (Å²) in [7, 11) is 0. The van der Waals surface area contributed by atoms with Gasteiger partial charge in [0, 0.05) is 10.8 Å². The predicted octanol–water partition coefficient (Wildman–Crippen LogP) is 13.6. The molecule has 238 valence electrons. The molecule has 0 nitrogen and oxygen atoms in total. The molecule has 0 aliphatic heterocycles. The molecule has 0 aromatic heterocycles. The molecule has 0 atom stereocenters. The van der Waals surface area contributed by atoms with Gasteiger partial charge in [0.1, 0.15) is 0 Å². The molecule has 0 saturated heterocycles. The Bertz CT molecular complexity index is 2660. The quantitative estimate of drug-likeness (QED) is 0.169. The summed E-state index contributed by atoms with van der Waals surface area (Å²) in [6.45, 7) is 9.79. The Kier molecular flexibility index (Phi) is 6.07. The van der Waals surface area contributed by atoms with Crippen LogP contribution in [0, 0.1) is 0 Å². The first-order valence-electron chi connectivity index (χ1n) is 17.9. The van der Waals surface area contributed by atoms with Crippen LogP contribution in [-0.4, -0.2) is 0 Å². The van der Waals surface area contributed by atoms with Crippen molar-refractivity contribution in [2.75, 3.05) is 0 Å². The van der Waals surface area contributed by atoms with E-state index < -0.39 is 0 Å². The number of hydrogen-bond acceptors (Lipinski definition) is 0. The maximum Gasteiger partial charge on any atom is 0.0165 e. The van der Waals surface area contributed by atoms with Gasteiger partial charge in [-0.2, -0.15) is 0 Å². The smallest absolute Gasteiger partial charge is 0.0165 e. The average molecular weight is 639 g/mol. The van der Waals surface area contributed by atoms with E-state index in [4.69, 9.17) is 0 Å². The molecule has 2 aliphatic rings. The van der Waals surface area contributed by atoms with Gasteiger partial charge in [0.2, 0.25) is 0 Å². The third kappa shape index (κ3) is 4.00. The molecule has 0 fully saturated rings. The molecule has 0 saturated carbocycles. The zero-order chi connectivity index (χ0) is 33.8. The second-order valence-electron chi connectivity index (χ2n) is 15.3. The average Bonchev–Trinajstić information content (AvgIpc) is 3.54. The van der Waals surface area contributed by atoms with Gasteiger partial charge < -0.3 is 0 Å². The molecular formula is C50H38. The van der Waals surface area contributed by atoms with Crippen molar-refractivity contribution < 1.29 is 0 Å². The van der Waals surface area contributed by atoms with Gasteiger partial charge in [-0.15, -0.1) is 0 Å². The molecule has 0 bridgehead atoms. The number of rotatable bonds is 3. The van der Waals surface area contributed by atoms with Crippen molar-refractivity contribution in [3.8, 4) is 55.6 Å². The van der Waals surface area contributed by atoms with Crippen LogP contribution in [-0.2, 0) is 10.8 Å². The van der Waals surface area contributed by atoms with Gasteiger partial charge in [-0.05, 0) is 118 Å². The van der Waals surface area contributed by atoms with Crippen molar-refractivity contribution in [3.63, 3.8) is 0 Å². The fourth-order valence-corrected chi connectivity index (χ4v) is 9.42. The Hall–Kier alpha value is -5.72. The number of benzene rings is 8. The molecule has 0 heteroatoms. The number of hydrogen-bond donors (Lipinski definition) is 0. The minimum absolute atomic E-state index is 0.169. The Labute approximate surface area is 294 Å². The van der Waals surface area contributed by atoms with Crippen molar-refractivity contribution in [1.29, 1.82) is 0 Å². The monoisotopic (exact) mass is 638 g/mol. The summed E-state index contributed by atoms with van der Waals surface area (Å²) in [4.78, 5) is 0. The highest BCUT2D eigenvalue weighted by Crippen LogP contribution is 2.60. The van der Waals surface area contributed by atoms with Gasteiger partial charge in [0.15, 0.2) is 0 Å². The van der Waals surface area contributed by atoms with Gasteiger partial charge in [0.05, 0.1) is 0 Å². The summed E-state index contributed by atoms with van der Waals surface area (Å²) < 4.78 is 0. The van der Waals surface area contributed by atoms with Crippen LogP contribution >= 0.6 is 0 Å². The summed E-state index contributed by atoms with van der Waals surface area (Å²) in [5.41, 5.74) is 18.4. The molecule has 50 heavy (non-hydrogen) atoms. The van der Waals surface area contributed by atoms with Gasteiger partial charge in [-0.3, -0.25) is 0 Å². The van der Waals surface area contributed by atoms with Crippen molar-refractivity contribution in [2.24, 2.45) is 0 Å².